The van der Waals surface area contributed by atoms with E-state index in [1.54, 1.807) is 0 Å². The molecule has 1 aromatic rings. The van der Waals surface area contributed by atoms with Crippen molar-refractivity contribution in [2.24, 2.45) is 0 Å². The van der Waals surface area contributed by atoms with Gasteiger partial charge in [0.15, 0.2) is 0 Å². The Morgan fingerprint density at radius 3 is 2.73 bits per heavy atom. The molecule has 116 valence electrons. The van der Waals surface area contributed by atoms with Crippen molar-refractivity contribution < 1.29 is 9.84 Å². The lowest BCUT2D eigenvalue weighted by Gasteiger charge is -2.40. The van der Waals surface area contributed by atoms with E-state index in [0.717, 1.165) is 36.5 Å². The normalized spacial score (nSPS) is 18.8. The zero-order valence-corrected chi connectivity index (χ0v) is 12.9. The van der Waals surface area contributed by atoms with Gasteiger partial charge in [0.2, 0.25) is 0 Å². The van der Waals surface area contributed by atoms with Gasteiger partial charge in [-0.05, 0) is 25.0 Å². The summed E-state index contributed by atoms with van der Waals surface area (Å²) in [6.07, 6.45) is 5.54. The number of nitrogens with zero attached hydrogens (tertiary/aromatic N) is 1. The number of phenols is 1. The molecule has 5 nitrogen and oxygen atoms in total. The number of nitrogens with one attached hydrogen (secondary N) is 2. The van der Waals surface area contributed by atoms with Crippen molar-refractivity contribution in [3.05, 3.63) is 35.7 Å². The minimum absolute atomic E-state index is 0.188. The molecule has 6 heteroatoms. The largest absolute Gasteiger partial charge is 0.507 e. The van der Waals surface area contributed by atoms with Crippen LogP contribution in [0.5, 0.6) is 11.5 Å². The highest BCUT2D eigenvalue weighted by Crippen LogP contribution is 2.32. The molecule has 0 aliphatic carbocycles. The van der Waals surface area contributed by atoms with Crippen molar-refractivity contribution in [1.82, 2.24) is 15.5 Å². The van der Waals surface area contributed by atoms with Crippen LogP contribution in [0.3, 0.4) is 0 Å². The quantitative estimate of drug-likeness (QED) is 0.681. The highest BCUT2D eigenvalue weighted by molar-refractivity contribution is 6.08. The highest BCUT2D eigenvalue weighted by Gasteiger charge is 2.30. The van der Waals surface area contributed by atoms with E-state index >= 15 is 0 Å². The van der Waals surface area contributed by atoms with Gasteiger partial charge in [0.25, 0.3) is 0 Å². The van der Waals surface area contributed by atoms with Crippen LogP contribution in [0.4, 0.5) is 0 Å². The predicted molar refractivity (Wildman–Crippen MR) is 87.2 cm³/mol. The Bertz CT molecular complexity index is 551. The van der Waals surface area contributed by atoms with Crippen LogP contribution in [0.2, 0.25) is 6.32 Å². The smallest absolute Gasteiger partial charge is 0.126 e. The fourth-order valence-corrected chi connectivity index (χ4v) is 2.89. The maximum atomic E-state index is 10.2. The minimum atomic E-state index is 0.188. The van der Waals surface area contributed by atoms with E-state index in [0.29, 0.717) is 24.7 Å². The average molecular weight is 299 g/mol. The van der Waals surface area contributed by atoms with Crippen LogP contribution in [0.25, 0.3) is 0 Å². The number of aromatic hydroxyl groups is 1. The van der Waals surface area contributed by atoms with E-state index in [-0.39, 0.29) is 6.10 Å². The van der Waals surface area contributed by atoms with Gasteiger partial charge in [-0.1, -0.05) is 12.4 Å². The summed E-state index contributed by atoms with van der Waals surface area (Å²) in [5.41, 5.74) is 1.68. The number of aryl methyl sites for hydroxylation is 1. The lowest BCUT2D eigenvalue weighted by atomic mass is 9.95. The molecule has 2 heterocycles. The SMILES string of the molecule is [B]CCc1ccc(OC2CN(CC3NC=CN3)C2)c(C)c1O. The Morgan fingerprint density at radius 2 is 2.05 bits per heavy atom. The standard InChI is InChI=1S/C16H22BN3O2/c1-11-14(3-2-12(4-5-17)16(11)21)22-13-8-20(9-13)10-15-18-6-7-19-15/h2-3,6-7,13,15,18-19,21H,4-5,8-10H2,1H3. The molecule has 0 aromatic heterocycles. The molecule has 2 aliphatic rings. The fourth-order valence-electron chi connectivity index (χ4n) is 2.89. The van der Waals surface area contributed by atoms with Gasteiger partial charge in [-0.3, -0.25) is 4.90 Å². The molecule has 1 fully saturated rings. The van der Waals surface area contributed by atoms with Crippen molar-refractivity contribution >= 4 is 7.85 Å². The molecule has 1 aromatic carbocycles. The first-order valence-corrected chi connectivity index (χ1v) is 7.75. The first kappa shape index (κ1) is 15.1. The van der Waals surface area contributed by atoms with Gasteiger partial charge in [0.05, 0.1) is 7.85 Å². The number of hydrogen-bond donors (Lipinski definition) is 3. The number of phenolic OH excluding ortho intramolecular Hbond substituents is 1. The summed E-state index contributed by atoms with van der Waals surface area (Å²) >= 11 is 0. The zero-order valence-electron chi connectivity index (χ0n) is 12.9. The third-order valence-electron chi connectivity index (χ3n) is 4.21. The Labute approximate surface area is 132 Å². The number of benzene rings is 1. The molecule has 0 atom stereocenters. The molecule has 1 saturated heterocycles. The number of hydrogen-bond acceptors (Lipinski definition) is 5. The molecule has 0 amide bonds. The second-order valence-corrected chi connectivity index (χ2v) is 5.91. The second kappa shape index (κ2) is 6.52. The summed E-state index contributed by atoms with van der Waals surface area (Å²) in [5, 5.41) is 16.7. The van der Waals surface area contributed by atoms with E-state index in [1.165, 1.54) is 0 Å². The van der Waals surface area contributed by atoms with Crippen molar-refractivity contribution in [3.63, 3.8) is 0 Å². The molecule has 3 N–H and O–H groups in total. The predicted octanol–water partition coefficient (Wildman–Crippen LogP) is 0.883. The van der Waals surface area contributed by atoms with Gasteiger partial charge < -0.3 is 20.5 Å². The van der Waals surface area contributed by atoms with Gasteiger partial charge in [0, 0.05) is 37.6 Å². The van der Waals surface area contributed by atoms with E-state index < -0.39 is 0 Å². The first-order valence-electron chi connectivity index (χ1n) is 7.75. The van der Waals surface area contributed by atoms with Crippen LogP contribution in [-0.4, -0.2) is 49.8 Å². The Balaban J connectivity index is 1.51. The number of likely N-dealkylation sites (tertiary alicyclic amines) is 1. The van der Waals surface area contributed by atoms with Gasteiger partial charge >= 0.3 is 0 Å². The fraction of sp³-hybridized carbons (Fsp3) is 0.500. The van der Waals surface area contributed by atoms with Gasteiger partial charge in [0.1, 0.15) is 23.8 Å². The summed E-state index contributed by atoms with van der Waals surface area (Å²) in [6, 6.07) is 3.84. The third kappa shape index (κ3) is 3.17. The van der Waals surface area contributed by atoms with Crippen molar-refractivity contribution in [2.45, 2.75) is 31.9 Å². The second-order valence-electron chi connectivity index (χ2n) is 5.91. The van der Waals surface area contributed by atoms with Crippen LogP contribution >= 0.6 is 0 Å². The van der Waals surface area contributed by atoms with Gasteiger partial charge in [-0.2, -0.15) is 0 Å². The van der Waals surface area contributed by atoms with Crippen LogP contribution in [-0.2, 0) is 6.42 Å². The maximum Gasteiger partial charge on any atom is 0.126 e. The summed E-state index contributed by atoms with van der Waals surface area (Å²) in [6.45, 7) is 4.65. The van der Waals surface area contributed by atoms with E-state index in [9.17, 15) is 5.11 Å². The van der Waals surface area contributed by atoms with Gasteiger partial charge in [-0.15, -0.1) is 0 Å². The molecule has 0 saturated carbocycles. The molecular formula is C16H22BN3O2. The van der Waals surface area contributed by atoms with Crippen molar-refractivity contribution in [3.8, 4) is 11.5 Å². The Kier molecular flexibility index (Phi) is 4.48. The zero-order chi connectivity index (χ0) is 15.5. The van der Waals surface area contributed by atoms with E-state index in [1.807, 2.05) is 31.5 Å². The van der Waals surface area contributed by atoms with Gasteiger partial charge in [-0.25, -0.2) is 0 Å². The van der Waals surface area contributed by atoms with Crippen LogP contribution in [0.15, 0.2) is 24.5 Å². The van der Waals surface area contributed by atoms with Crippen LogP contribution < -0.4 is 15.4 Å². The summed E-state index contributed by atoms with van der Waals surface area (Å²) in [7, 11) is 5.55. The highest BCUT2D eigenvalue weighted by atomic mass is 16.5. The van der Waals surface area contributed by atoms with Crippen molar-refractivity contribution in [2.75, 3.05) is 19.6 Å². The molecule has 2 radical (unpaired) electrons. The maximum absolute atomic E-state index is 10.2. The van der Waals surface area contributed by atoms with E-state index in [2.05, 4.69) is 15.5 Å². The molecule has 0 unspecified atom stereocenters. The number of rotatable bonds is 6. The monoisotopic (exact) mass is 299 g/mol. The molecular weight excluding hydrogens is 277 g/mol. The van der Waals surface area contributed by atoms with Crippen molar-refractivity contribution in [1.29, 1.82) is 0 Å². The summed E-state index contributed by atoms with van der Waals surface area (Å²) in [4.78, 5) is 2.33. The molecule has 3 rings (SSSR count). The van der Waals surface area contributed by atoms with Crippen LogP contribution in [0.1, 0.15) is 11.1 Å². The minimum Gasteiger partial charge on any atom is -0.507 e. The van der Waals surface area contributed by atoms with E-state index in [4.69, 9.17) is 12.6 Å². The lowest BCUT2D eigenvalue weighted by molar-refractivity contribution is 0.0138. The molecule has 0 spiro atoms. The third-order valence-corrected chi connectivity index (χ3v) is 4.21. The first-order chi connectivity index (χ1) is 10.7. The lowest BCUT2D eigenvalue weighted by Crippen LogP contribution is -2.58. The summed E-state index contributed by atoms with van der Waals surface area (Å²) in [5.74, 6) is 1.08. The molecule has 2 aliphatic heterocycles. The topological polar surface area (TPSA) is 56.8 Å². The van der Waals surface area contributed by atoms with Crippen LogP contribution in [0, 0.1) is 6.92 Å². The average Bonchev–Trinajstić information content (AvgIpc) is 2.97. The Hall–Kier alpha value is -1.82. The molecule has 0 bridgehead atoms. The molecule has 22 heavy (non-hydrogen) atoms. The summed E-state index contributed by atoms with van der Waals surface area (Å²) < 4.78 is 6.00. The number of ether oxygens (including phenoxy) is 1. The Morgan fingerprint density at radius 1 is 1.32 bits per heavy atom.